The van der Waals surface area contributed by atoms with Gasteiger partial charge in [0, 0.05) is 16.8 Å². The molecule has 0 aliphatic heterocycles. The maximum Gasteiger partial charge on any atom is 0.136 e. The van der Waals surface area contributed by atoms with Crippen LogP contribution in [0.5, 0.6) is 5.75 Å². The molecule has 0 saturated heterocycles. The van der Waals surface area contributed by atoms with E-state index < -0.39 is 11.0 Å². The maximum atomic E-state index is 12.5. The Morgan fingerprint density at radius 2 is 1.76 bits per heavy atom. The van der Waals surface area contributed by atoms with Crippen LogP contribution in [0.3, 0.4) is 0 Å². The Hall–Kier alpha value is -1.61. The molecular formula is C26H37N3O2S3. The lowest BCUT2D eigenvalue weighted by Gasteiger charge is -2.27. The first-order valence-corrected chi connectivity index (χ1v) is 14.8. The zero-order valence-corrected chi connectivity index (χ0v) is 23.6. The third-order valence-electron chi connectivity index (χ3n) is 6.33. The van der Waals surface area contributed by atoms with E-state index in [2.05, 4.69) is 33.9 Å². The first-order chi connectivity index (χ1) is 16.3. The van der Waals surface area contributed by atoms with E-state index in [4.69, 9.17) is 4.74 Å². The Kier molecular flexibility index (Phi) is 10.2. The van der Waals surface area contributed by atoms with Gasteiger partial charge in [0.1, 0.15) is 28.1 Å². The van der Waals surface area contributed by atoms with E-state index in [1.807, 2.05) is 39.0 Å². The molecule has 5 nitrogen and oxygen atoms in total. The molecule has 1 fully saturated rings. The molecule has 4 rings (SSSR count). The van der Waals surface area contributed by atoms with E-state index >= 15 is 0 Å². The highest BCUT2D eigenvalue weighted by Gasteiger charge is 2.21. The van der Waals surface area contributed by atoms with Crippen LogP contribution in [-0.4, -0.2) is 27.8 Å². The fourth-order valence-corrected chi connectivity index (χ4v) is 6.88. The predicted molar refractivity (Wildman–Crippen MR) is 145 cm³/mol. The van der Waals surface area contributed by atoms with Gasteiger partial charge in [0.2, 0.25) is 0 Å². The van der Waals surface area contributed by atoms with Crippen molar-refractivity contribution in [3.8, 4) is 17.1 Å². The van der Waals surface area contributed by atoms with Crippen LogP contribution < -0.4 is 9.46 Å². The van der Waals surface area contributed by atoms with Crippen molar-refractivity contribution in [2.75, 3.05) is 13.7 Å². The Balaban J connectivity index is 0.000000212. The fraction of sp³-hybridized carbons (Fsp3) is 0.538. The smallest absolute Gasteiger partial charge is 0.136 e. The largest absolute Gasteiger partial charge is 0.495 e. The summed E-state index contributed by atoms with van der Waals surface area (Å²) in [4.78, 5) is 10.9. The average molecular weight is 520 g/mol. The number of aromatic nitrogens is 2. The minimum Gasteiger partial charge on any atom is -0.495 e. The second-order valence-corrected chi connectivity index (χ2v) is 12.7. The highest BCUT2D eigenvalue weighted by atomic mass is 32.2. The SMILES string of the molecule is CCC1CCC(CNS(=O)c2cc(C)ccc2OC)CC1.Cc1nc(-c2nc(C)sc2C)cs1. The molecule has 0 amide bonds. The van der Waals surface area contributed by atoms with Crippen molar-refractivity contribution in [1.29, 1.82) is 0 Å². The van der Waals surface area contributed by atoms with Gasteiger partial charge in [-0.15, -0.1) is 22.7 Å². The molecular weight excluding hydrogens is 483 g/mol. The van der Waals surface area contributed by atoms with Gasteiger partial charge in [0.25, 0.3) is 0 Å². The van der Waals surface area contributed by atoms with E-state index in [0.29, 0.717) is 11.7 Å². The summed E-state index contributed by atoms with van der Waals surface area (Å²) in [6, 6.07) is 5.80. The van der Waals surface area contributed by atoms with E-state index in [-0.39, 0.29) is 0 Å². The predicted octanol–water partition coefficient (Wildman–Crippen LogP) is 7.02. The number of methoxy groups -OCH3 is 1. The number of ether oxygens (including phenoxy) is 1. The Bertz CT molecular complexity index is 1080. The zero-order valence-electron chi connectivity index (χ0n) is 21.1. The lowest BCUT2D eigenvalue weighted by Crippen LogP contribution is -2.28. The standard InChI is InChI=1S/C17H27NO2S.C9H10N2S2/c1-4-14-6-8-15(9-7-14)12-18-21(19)17-11-13(2)5-10-16(17)20-3;1-5-9(11-7(3)13-5)8-4-12-6(2)10-8/h5,10-11,14-15,18H,4,6-9,12H2,1-3H3;4H,1-3H3. The second-order valence-electron chi connectivity index (χ2n) is 8.96. The van der Waals surface area contributed by atoms with E-state index in [0.717, 1.165) is 44.3 Å². The number of nitrogens with one attached hydrogen (secondary N) is 1. The van der Waals surface area contributed by atoms with E-state index in [1.165, 1.54) is 37.0 Å². The first kappa shape index (κ1) is 27.0. The van der Waals surface area contributed by atoms with Crippen LogP contribution in [-0.2, 0) is 11.0 Å². The van der Waals surface area contributed by atoms with Crippen molar-refractivity contribution in [2.24, 2.45) is 11.8 Å². The van der Waals surface area contributed by atoms with Gasteiger partial charge in [-0.1, -0.05) is 32.3 Å². The number of aryl methyl sites for hydroxylation is 4. The van der Waals surface area contributed by atoms with Crippen LogP contribution >= 0.6 is 22.7 Å². The molecule has 1 N–H and O–H groups in total. The molecule has 1 atom stereocenters. The third-order valence-corrected chi connectivity index (χ3v) is 9.14. The number of rotatable bonds is 7. The van der Waals surface area contributed by atoms with Crippen LogP contribution in [0, 0.1) is 39.5 Å². The normalized spacial score (nSPS) is 18.8. The molecule has 3 aromatic rings. The van der Waals surface area contributed by atoms with E-state index in [1.54, 1.807) is 29.8 Å². The molecule has 2 aromatic heterocycles. The highest BCUT2D eigenvalue weighted by Crippen LogP contribution is 2.31. The van der Waals surface area contributed by atoms with Crippen molar-refractivity contribution in [3.63, 3.8) is 0 Å². The molecule has 1 aromatic carbocycles. The molecule has 8 heteroatoms. The van der Waals surface area contributed by atoms with Crippen molar-refractivity contribution < 1.29 is 8.95 Å². The lowest BCUT2D eigenvalue weighted by atomic mass is 9.81. The Morgan fingerprint density at radius 1 is 1.06 bits per heavy atom. The number of hydrogen-bond donors (Lipinski definition) is 1. The lowest BCUT2D eigenvalue weighted by molar-refractivity contribution is 0.270. The molecule has 1 unspecified atom stereocenters. The molecule has 2 heterocycles. The van der Waals surface area contributed by atoms with Crippen molar-refractivity contribution in [3.05, 3.63) is 44.0 Å². The number of thiazole rings is 2. The number of nitrogens with zero attached hydrogens (tertiary/aromatic N) is 2. The van der Waals surface area contributed by atoms with Gasteiger partial charge in [-0.05, 0) is 70.1 Å². The summed E-state index contributed by atoms with van der Waals surface area (Å²) in [5.41, 5.74) is 3.17. The summed E-state index contributed by atoms with van der Waals surface area (Å²) in [5, 5.41) is 4.27. The molecule has 1 aliphatic rings. The fourth-order valence-electron chi connectivity index (χ4n) is 4.28. The first-order valence-electron chi connectivity index (χ1n) is 12.0. The average Bonchev–Trinajstić information content (AvgIpc) is 3.42. The van der Waals surface area contributed by atoms with Crippen LogP contribution in [0.15, 0.2) is 28.5 Å². The molecule has 0 radical (unpaired) electrons. The molecule has 186 valence electrons. The second kappa shape index (κ2) is 12.9. The molecule has 0 bridgehead atoms. The minimum absolute atomic E-state index is 0.660. The van der Waals surface area contributed by atoms with Crippen LogP contribution in [0.2, 0.25) is 0 Å². The number of benzene rings is 1. The van der Waals surface area contributed by atoms with E-state index in [9.17, 15) is 4.21 Å². The highest BCUT2D eigenvalue weighted by molar-refractivity contribution is 7.83. The van der Waals surface area contributed by atoms with Gasteiger partial charge in [-0.2, -0.15) is 0 Å². The van der Waals surface area contributed by atoms with Crippen LogP contribution in [0.25, 0.3) is 11.4 Å². The molecule has 34 heavy (non-hydrogen) atoms. The van der Waals surface area contributed by atoms with Crippen molar-refractivity contribution >= 4 is 33.7 Å². The van der Waals surface area contributed by atoms with Gasteiger partial charge in [0.15, 0.2) is 0 Å². The topological polar surface area (TPSA) is 64.1 Å². The summed E-state index contributed by atoms with van der Waals surface area (Å²) < 4.78 is 21.0. The Morgan fingerprint density at radius 3 is 2.32 bits per heavy atom. The van der Waals surface area contributed by atoms with Crippen molar-refractivity contribution in [1.82, 2.24) is 14.7 Å². The monoisotopic (exact) mass is 519 g/mol. The van der Waals surface area contributed by atoms with Crippen molar-refractivity contribution in [2.45, 2.75) is 71.6 Å². The molecule has 0 spiro atoms. The molecule has 1 saturated carbocycles. The van der Waals surface area contributed by atoms with Gasteiger partial charge in [-0.25, -0.2) is 18.9 Å². The Labute approximate surface area is 215 Å². The van der Waals surface area contributed by atoms with Crippen LogP contribution in [0.4, 0.5) is 0 Å². The van der Waals surface area contributed by atoms with Gasteiger partial charge in [0.05, 0.1) is 22.0 Å². The quantitative estimate of drug-likeness (QED) is 0.364. The summed E-state index contributed by atoms with van der Waals surface area (Å²) in [6.45, 7) is 11.3. The van der Waals surface area contributed by atoms with Gasteiger partial charge in [-0.3, -0.25) is 0 Å². The summed E-state index contributed by atoms with van der Waals surface area (Å²) in [5.74, 6) is 2.26. The molecule has 1 aliphatic carbocycles. The van der Waals surface area contributed by atoms with Gasteiger partial charge < -0.3 is 4.74 Å². The summed E-state index contributed by atoms with van der Waals surface area (Å²) >= 11 is 3.40. The summed E-state index contributed by atoms with van der Waals surface area (Å²) in [7, 11) is 0.430. The number of hydrogen-bond acceptors (Lipinski definition) is 6. The summed E-state index contributed by atoms with van der Waals surface area (Å²) in [6.07, 6.45) is 6.46. The maximum absolute atomic E-state index is 12.5. The van der Waals surface area contributed by atoms with Gasteiger partial charge >= 0.3 is 0 Å². The minimum atomic E-state index is -1.19. The third kappa shape index (κ3) is 7.44. The van der Waals surface area contributed by atoms with Crippen LogP contribution in [0.1, 0.15) is 59.5 Å². The zero-order chi connectivity index (χ0) is 24.7.